The third-order valence-electron chi connectivity index (χ3n) is 3.33. The molecule has 0 aliphatic carbocycles. The molecule has 1 amide bonds. The maximum atomic E-state index is 13.2. The van der Waals surface area contributed by atoms with Gasteiger partial charge in [-0.2, -0.15) is 13.2 Å². The Kier molecular flexibility index (Phi) is 5.15. The van der Waals surface area contributed by atoms with E-state index < -0.39 is 29.4 Å². The van der Waals surface area contributed by atoms with E-state index in [0.29, 0.717) is 12.1 Å². The number of furan rings is 1. The zero-order valence-electron chi connectivity index (χ0n) is 13.2. The van der Waals surface area contributed by atoms with Gasteiger partial charge >= 0.3 is 12.1 Å². The van der Waals surface area contributed by atoms with Crippen LogP contribution in [0.4, 0.5) is 17.6 Å². The summed E-state index contributed by atoms with van der Waals surface area (Å²) in [7, 11) is 1.20. The molecule has 0 radical (unpaired) electrons. The van der Waals surface area contributed by atoms with Crippen LogP contribution >= 0.6 is 0 Å². The summed E-state index contributed by atoms with van der Waals surface area (Å²) in [6.45, 7) is 1.35. The van der Waals surface area contributed by atoms with Gasteiger partial charge in [-0.15, -0.1) is 0 Å². The van der Waals surface area contributed by atoms with Crippen LogP contribution in [0.2, 0.25) is 0 Å². The third-order valence-corrected chi connectivity index (χ3v) is 3.33. The lowest BCUT2D eigenvalue weighted by molar-refractivity contribution is -0.140. The van der Waals surface area contributed by atoms with E-state index in [2.05, 4.69) is 10.1 Å². The number of methoxy groups -OCH3 is 1. The Morgan fingerprint density at radius 1 is 1.24 bits per heavy atom. The molecule has 2 aromatic rings. The van der Waals surface area contributed by atoms with E-state index in [1.807, 2.05) is 0 Å². The van der Waals surface area contributed by atoms with Gasteiger partial charge < -0.3 is 14.5 Å². The van der Waals surface area contributed by atoms with Crippen molar-refractivity contribution in [1.29, 1.82) is 0 Å². The van der Waals surface area contributed by atoms with Crippen molar-refractivity contribution < 1.29 is 36.3 Å². The highest BCUT2D eigenvalue weighted by atomic mass is 19.4. The van der Waals surface area contributed by atoms with Crippen LogP contribution in [0, 0.1) is 12.7 Å². The molecule has 9 heteroatoms. The number of ether oxygens (including phenoxy) is 1. The lowest BCUT2D eigenvalue weighted by Gasteiger charge is -2.10. The van der Waals surface area contributed by atoms with Gasteiger partial charge in [-0.1, -0.05) is 0 Å². The second-order valence-corrected chi connectivity index (χ2v) is 5.05. The molecule has 0 saturated carbocycles. The predicted molar refractivity (Wildman–Crippen MR) is 77.4 cm³/mol. The molecule has 1 aromatic carbocycles. The lowest BCUT2D eigenvalue weighted by atomic mass is 10.1. The first kappa shape index (κ1) is 18.5. The highest BCUT2D eigenvalue weighted by Crippen LogP contribution is 2.31. The number of carbonyl (C=O) groups is 2. The van der Waals surface area contributed by atoms with E-state index in [1.54, 1.807) is 0 Å². The van der Waals surface area contributed by atoms with Gasteiger partial charge in [0.05, 0.1) is 19.2 Å². The number of amides is 1. The summed E-state index contributed by atoms with van der Waals surface area (Å²) in [4.78, 5) is 23.4. The van der Waals surface area contributed by atoms with Gasteiger partial charge in [0, 0.05) is 5.56 Å². The van der Waals surface area contributed by atoms with Crippen LogP contribution < -0.4 is 5.32 Å². The Morgan fingerprint density at radius 3 is 2.52 bits per heavy atom. The molecule has 1 aromatic heterocycles. The molecule has 134 valence electrons. The van der Waals surface area contributed by atoms with Crippen LogP contribution in [0.1, 0.15) is 37.8 Å². The average Bonchev–Trinajstić information content (AvgIpc) is 2.92. The number of benzene rings is 1. The molecule has 5 nitrogen and oxygen atoms in total. The number of alkyl halides is 3. The van der Waals surface area contributed by atoms with E-state index >= 15 is 0 Å². The Morgan fingerprint density at radius 2 is 1.92 bits per heavy atom. The van der Waals surface area contributed by atoms with E-state index in [1.165, 1.54) is 20.1 Å². The van der Waals surface area contributed by atoms with Crippen LogP contribution in [0.25, 0.3) is 0 Å². The second-order valence-electron chi connectivity index (χ2n) is 5.05. The number of hydrogen-bond donors (Lipinski definition) is 1. The smallest absolute Gasteiger partial charge is 0.419 e. The van der Waals surface area contributed by atoms with Crippen molar-refractivity contribution in [1.82, 2.24) is 5.32 Å². The van der Waals surface area contributed by atoms with Crippen LogP contribution in [-0.4, -0.2) is 19.0 Å². The Hall–Kier alpha value is -2.84. The van der Waals surface area contributed by atoms with Crippen LogP contribution in [0.5, 0.6) is 0 Å². The van der Waals surface area contributed by atoms with Crippen molar-refractivity contribution in [2.24, 2.45) is 0 Å². The third kappa shape index (κ3) is 4.17. The number of nitrogens with one attached hydrogen (secondary N) is 1. The minimum absolute atomic E-state index is 0.171. The fourth-order valence-corrected chi connectivity index (χ4v) is 2.10. The Labute approximate surface area is 139 Å². The zero-order chi connectivity index (χ0) is 18.8. The van der Waals surface area contributed by atoms with Gasteiger partial charge in [0.15, 0.2) is 0 Å². The van der Waals surface area contributed by atoms with Crippen LogP contribution in [0.3, 0.4) is 0 Å². The lowest BCUT2D eigenvalue weighted by Crippen LogP contribution is -2.23. The molecule has 1 N–H and O–H groups in total. The van der Waals surface area contributed by atoms with Crippen LogP contribution in [-0.2, 0) is 17.5 Å². The first-order valence-electron chi connectivity index (χ1n) is 6.96. The molecule has 0 unspecified atom stereocenters. The number of hydrogen-bond acceptors (Lipinski definition) is 4. The molecule has 0 aliphatic heterocycles. The summed E-state index contributed by atoms with van der Waals surface area (Å²) in [5.74, 6) is -2.44. The van der Waals surface area contributed by atoms with E-state index in [0.717, 1.165) is 6.07 Å². The van der Waals surface area contributed by atoms with E-state index in [4.69, 9.17) is 4.42 Å². The molecular formula is C16H13F4NO4. The quantitative estimate of drug-likeness (QED) is 0.671. The summed E-state index contributed by atoms with van der Waals surface area (Å²) in [6, 6.07) is 3.29. The summed E-state index contributed by atoms with van der Waals surface area (Å²) in [5.41, 5.74) is -1.71. The minimum Gasteiger partial charge on any atom is -0.465 e. The number of aryl methyl sites for hydroxylation is 1. The standard InChI is InChI=1S/C16H13F4NO4/c1-8-11(15(23)24-2)6-10(25-8)7-21-14(22)9-3-4-13(17)12(5-9)16(18,19)20/h3-6H,7H2,1-2H3,(H,21,22). The molecular weight excluding hydrogens is 346 g/mol. The molecule has 25 heavy (non-hydrogen) atoms. The largest absolute Gasteiger partial charge is 0.465 e. The van der Waals surface area contributed by atoms with Crippen LogP contribution in [0.15, 0.2) is 28.7 Å². The van der Waals surface area contributed by atoms with Crippen molar-refractivity contribution in [2.75, 3.05) is 7.11 Å². The molecule has 0 spiro atoms. The molecule has 0 aliphatic rings. The molecule has 0 saturated heterocycles. The van der Waals surface area contributed by atoms with Gasteiger partial charge in [0.2, 0.25) is 0 Å². The molecule has 2 rings (SSSR count). The molecule has 1 heterocycles. The van der Waals surface area contributed by atoms with Gasteiger partial charge in [-0.05, 0) is 31.2 Å². The fourth-order valence-electron chi connectivity index (χ4n) is 2.10. The number of rotatable bonds is 4. The highest BCUT2D eigenvalue weighted by molar-refractivity contribution is 5.94. The molecule has 0 bridgehead atoms. The first-order chi connectivity index (χ1) is 11.6. The van der Waals surface area contributed by atoms with Crippen molar-refractivity contribution >= 4 is 11.9 Å². The SMILES string of the molecule is COC(=O)c1cc(CNC(=O)c2ccc(F)c(C(F)(F)F)c2)oc1C. The summed E-state index contributed by atoms with van der Waals surface area (Å²) >= 11 is 0. The Bertz CT molecular complexity index is 811. The summed E-state index contributed by atoms with van der Waals surface area (Å²) in [5, 5.41) is 2.34. The molecule has 0 atom stereocenters. The van der Waals surface area contributed by atoms with Crippen molar-refractivity contribution in [3.05, 3.63) is 58.3 Å². The van der Waals surface area contributed by atoms with Crippen molar-refractivity contribution in [2.45, 2.75) is 19.6 Å². The van der Waals surface area contributed by atoms with E-state index in [9.17, 15) is 27.2 Å². The zero-order valence-corrected chi connectivity index (χ0v) is 13.2. The first-order valence-corrected chi connectivity index (χ1v) is 6.96. The maximum Gasteiger partial charge on any atom is 0.419 e. The van der Waals surface area contributed by atoms with Gasteiger partial charge in [0.25, 0.3) is 5.91 Å². The normalized spacial score (nSPS) is 11.3. The highest BCUT2D eigenvalue weighted by Gasteiger charge is 2.34. The minimum atomic E-state index is -4.91. The van der Waals surface area contributed by atoms with E-state index in [-0.39, 0.29) is 29.2 Å². The average molecular weight is 359 g/mol. The number of carbonyl (C=O) groups excluding carboxylic acids is 2. The fraction of sp³-hybridized carbons (Fsp3) is 0.250. The predicted octanol–water partition coefficient (Wildman–Crippen LogP) is 3.46. The van der Waals surface area contributed by atoms with Gasteiger partial charge in [0.1, 0.15) is 22.9 Å². The second kappa shape index (κ2) is 6.96. The van der Waals surface area contributed by atoms with Crippen molar-refractivity contribution in [3.63, 3.8) is 0 Å². The van der Waals surface area contributed by atoms with Gasteiger partial charge in [-0.3, -0.25) is 4.79 Å². The monoisotopic (exact) mass is 359 g/mol. The topological polar surface area (TPSA) is 68.5 Å². The maximum absolute atomic E-state index is 13.2. The van der Waals surface area contributed by atoms with Gasteiger partial charge in [-0.25, -0.2) is 9.18 Å². The van der Waals surface area contributed by atoms with Crippen molar-refractivity contribution in [3.8, 4) is 0 Å². The summed E-state index contributed by atoms with van der Waals surface area (Å²) in [6.07, 6.45) is -4.91. The number of halogens is 4. The Balaban J connectivity index is 2.12. The summed E-state index contributed by atoms with van der Waals surface area (Å²) < 4.78 is 61.1. The number of esters is 1. The molecule has 0 fully saturated rings.